The second-order valence-electron chi connectivity index (χ2n) is 4.52. The van der Waals surface area contributed by atoms with Gasteiger partial charge in [0.1, 0.15) is 0 Å². The van der Waals surface area contributed by atoms with Crippen LogP contribution in [-0.2, 0) is 4.79 Å². The fourth-order valence-corrected chi connectivity index (χ4v) is 3.26. The Kier molecular flexibility index (Phi) is 4.83. The third-order valence-corrected chi connectivity index (χ3v) is 4.64. The Balaban J connectivity index is 2.23. The van der Waals surface area contributed by atoms with Crippen molar-refractivity contribution in [2.24, 2.45) is 0 Å². The van der Waals surface area contributed by atoms with Crippen LogP contribution in [0.4, 0.5) is 0 Å². The van der Waals surface area contributed by atoms with E-state index >= 15 is 0 Å². The first-order valence-electron chi connectivity index (χ1n) is 5.97. The molecule has 1 aromatic rings. The molecule has 0 spiro atoms. The van der Waals surface area contributed by atoms with E-state index in [1.165, 1.54) is 0 Å². The predicted molar refractivity (Wildman–Crippen MR) is 83.2 cm³/mol. The van der Waals surface area contributed by atoms with E-state index in [-0.39, 0.29) is 18.4 Å². The van der Waals surface area contributed by atoms with Crippen LogP contribution in [0, 0.1) is 3.57 Å². The normalized spacial score (nSPS) is 18.6. The molecule has 1 heterocycles. The topological polar surface area (TPSA) is 57.6 Å². The fourth-order valence-electron chi connectivity index (χ4n) is 2.33. The van der Waals surface area contributed by atoms with Crippen LogP contribution in [0.3, 0.4) is 0 Å². The van der Waals surface area contributed by atoms with Crippen molar-refractivity contribution < 1.29 is 14.7 Å². The van der Waals surface area contributed by atoms with Crippen LogP contribution in [0.5, 0.6) is 0 Å². The number of carboxylic acids is 1. The number of amides is 1. The third kappa shape index (κ3) is 3.47. The lowest BCUT2D eigenvalue weighted by Crippen LogP contribution is -2.37. The molecule has 1 saturated heterocycles. The van der Waals surface area contributed by atoms with Crippen molar-refractivity contribution in [2.45, 2.75) is 25.3 Å². The first-order valence-corrected chi connectivity index (χ1v) is 7.84. The zero-order valence-electron chi connectivity index (χ0n) is 10.1. The summed E-state index contributed by atoms with van der Waals surface area (Å²) < 4.78 is 1.73. The minimum absolute atomic E-state index is 0.0241. The van der Waals surface area contributed by atoms with E-state index in [0.29, 0.717) is 12.1 Å². The van der Waals surface area contributed by atoms with E-state index in [1.54, 1.807) is 11.0 Å². The SMILES string of the molecule is O=C(O)CC1CCCN1C(=O)c1cc(Br)ccc1I. The molecule has 1 unspecified atom stereocenters. The van der Waals surface area contributed by atoms with Crippen LogP contribution in [0.2, 0.25) is 0 Å². The van der Waals surface area contributed by atoms with Gasteiger partial charge in [0, 0.05) is 20.6 Å². The largest absolute Gasteiger partial charge is 0.481 e. The summed E-state index contributed by atoms with van der Waals surface area (Å²) in [6.45, 7) is 0.638. The number of benzene rings is 1. The molecular formula is C13H13BrINO3. The lowest BCUT2D eigenvalue weighted by molar-refractivity contribution is -0.137. The molecule has 1 aliphatic heterocycles. The van der Waals surface area contributed by atoms with E-state index in [1.807, 2.05) is 12.1 Å². The molecule has 1 fully saturated rings. The van der Waals surface area contributed by atoms with Gasteiger partial charge in [-0.05, 0) is 53.6 Å². The van der Waals surface area contributed by atoms with Gasteiger partial charge in [-0.15, -0.1) is 0 Å². The Morgan fingerprint density at radius 1 is 1.47 bits per heavy atom. The molecule has 0 bridgehead atoms. The number of hydrogen-bond acceptors (Lipinski definition) is 2. The quantitative estimate of drug-likeness (QED) is 0.739. The van der Waals surface area contributed by atoms with Crippen molar-refractivity contribution >= 4 is 50.4 Å². The van der Waals surface area contributed by atoms with Gasteiger partial charge in [-0.2, -0.15) is 0 Å². The number of likely N-dealkylation sites (tertiary alicyclic amines) is 1. The van der Waals surface area contributed by atoms with Crippen molar-refractivity contribution in [2.75, 3.05) is 6.54 Å². The van der Waals surface area contributed by atoms with Gasteiger partial charge >= 0.3 is 5.97 Å². The fraction of sp³-hybridized carbons (Fsp3) is 0.385. The lowest BCUT2D eigenvalue weighted by Gasteiger charge is -2.24. The van der Waals surface area contributed by atoms with Gasteiger partial charge in [0.05, 0.1) is 12.0 Å². The molecule has 0 radical (unpaired) electrons. The number of rotatable bonds is 3. The van der Waals surface area contributed by atoms with Gasteiger partial charge in [0.15, 0.2) is 0 Å². The minimum Gasteiger partial charge on any atom is -0.481 e. The molecule has 19 heavy (non-hydrogen) atoms. The molecule has 1 aromatic carbocycles. The smallest absolute Gasteiger partial charge is 0.305 e. The molecule has 1 atom stereocenters. The summed E-state index contributed by atoms with van der Waals surface area (Å²) in [6.07, 6.45) is 1.66. The molecular weight excluding hydrogens is 425 g/mol. The number of nitrogens with zero attached hydrogens (tertiary/aromatic N) is 1. The lowest BCUT2D eigenvalue weighted by atomic mass is 10.1. The Labute approximate surface area is 133 Å². The van der Waals surface area contributed by atoms with Crippen molar-refractivity contribution in [3.63, 3.8) is 0 Å². The summed E-state index contributed by atoms with van der Waals surface area (Å²) in [5.74, 6) is -0.928. The number of hydrogen-bond donors (Lipinski definition) is 1. The molecule has 1 aliphatic rings. The summed E-state index contributed by atoms with van der Waals surface area (Å²) >= 11 is 5.49. The van der Waals surface area contributed by atoms with Gasteiger partial charge < -0.3 is 10.0 Å². The molecule has 6 heteroatoms. The maximum absolute atomic E-state index is 12.5. The molecule has 102 valence electrons. The van der Waals surface area contributed by atoms with Crippen molar-refractivity contribution in [3.8, 4) is 0 Å². The zero-order valence-corrected chi connectivity index (χ0v) is 13.8. The molecule has 1 amide bonds. The number of carbonyl (C=O) groups excluding carboxylic acids is 1. The maximum Gasteiger partial charge on any atom is 0.305 e. The molecule has 0 aromatic heterocycles. The van der Waals surface area contributed by atoms with E-state index in [2.05, 4.69) is 38.5 Å². The highest BCUT2D eigenvalue weighted by Crippen LogP contribution is 2.26. The number of halogens is 2. The van der Waals surface area contributed by atoms with E-state index < -0.39 is 5.97 Å². The van der Waals surface area contributed by atoms with Crippen LogP contribution in [-0.4, -0.2) is 34.5 Å². The molecule has 1 N–H and O–H groups in total. The van der Waals surface area contributed by atoms with E-state index in [0.717, 1.165) is 20.9 Å². The zero-order chi connectivity index (χ0) is 14.0. The highest BCUT2D eigenvalue weighted by atomic mass is 127. The Morgan fingerprint density at radius 2 is 2.21 bits per heavy atom. The predicted octanol–water partition coefficient (Wildman–Crippen LogP) is 3.13. The van der Waals surface area contributed by atoms with Gasteiger partial charge in [-0.1, -0.05) is 15.9 Å². The summed E-state index contributed by atoms with van der Waals surface area (Å²) in [7, 11) is 0. The number of carboxylic acid groups (broad SMARTS) is 1. The van der Waals surface area contributed by atoms with Crippen molar-refractivity contribution in [1.82, 2.24) is 4.90 Å². The monoisotopic (exact) mass is 437 g/mol. The second kappa shape index (κ2) is 6.21. The highest BCUT2D eigenvalue weighted by Gasteiger charge is 2.31. The van der Waals surface area contributed by atoms with Crippen LogP contribution in [0.15, 0.2) is 22.7 Å². The molecule has 2 rings (SSSR count). The summed E-state index contributed by atoms with van der Waals surface area (Å²) in [5.41, 5.74) is 0.632. The third-order valence-electron chi connectivity index (χ3n) is 3.21. The molecule has 4 nitrogen and oxygen atoms in total. The summed E-state index contributed by atoms with van der Waals surface area (Å²) in [6, 6.07) is 5.37. The highest BCUT2D eigenvalue weighted by molar-refractivity contribution is 14.1. The van der Waals surface area contributed by atoms with Crippen LogP contribution < -0.4 is 0 Å². The van der Waals surface area contributed by atoms with Crippen molar-refractivity contribution in [3.05, 3.63) is 31.8 Å². The second-order valence-corrected chi connectivity index (χ2v) is 6.59. The van der Waals surface area contributed by atoms with Gasteiger partial charge in [-0.25, -0.2) is 0 Å². The number of aliphatic carboxylic acids is 1. The van der Waals surface area contributed by atoms with Crippen LogP contribution in [0.25, 0.3) is 0 Å². The summed E-state index contributed by atoms with van der Waals surface area (Å²) in [4.78, 5) is 25.0. The average molecular weight is 438 g/mol. The summed E-state index contributed by atoms with van der Waals surface area (Å²) in [5, 5.41) is 8.90. The standard InChI is InChI=1S/C13H13BrINO3/c14-8-3-4-11(15)10(6-8)13(19)16-5-1-2-9(16)7-12(17)18/h3-4,6,9H,1-2,5,7H2,(H,17,18). The first kappa shape index (κ1) is 14.8. The van der Waals surface area contributed by atoms with Crippen LogP contribution in [0.1, 0.15) is 29.6 Å². The Morgan fingerprint density at radius 3 is 2.89 bits per heavy atom. The molecule has 0 saturated carbocycles. The average Bonchev–Trinajstić information content (AvgIpc) is 2.78. The minimum atomic E-state index is -0.853. The van der Waals surface area contributed by atoms with E-state index in [4.69, 9.17) is 5.11 Å². The van der Waals surface area contributed by atoms with Crippen molar-refractivity contribution in [1.29, 1.82) is 0 Å². The Bertz CT molecular complexity index is 521. The van der Waals surface area contributed by atoms with Gasteiger partial charge in [0.2, 0.25) is 0 Å². The van der Waals surface area contributed by atoms with Gasteiger partial charge in [-0.3, -0.25) is 9.59 Å². The van der Waals surface area contributed by atoms with Crippen LogP contribution >= 0.6 is 38.5 Å². The van der Waals surface area contributed by atoms with E-state index in [9.17, 15) is 9.59 Å². The Hall–Kier alpha value is -0.630. The maximum atomic E-state index is 12.5. The first-order chi connectivity index (χ1) is 8.99. The molecule has 0 aliphatic carbocycles. The number of carbonyl (C=O) groups is 2. The van der Waals surface area contributed by atoms with Gasteiger partial charge in [0.25, 0.3) is 5.91 Å².